The standard InChI is InChI=1S/C13H14N4O2S/c1-18-11-5-8-3-4-15-10(7-16-17-13(14)20)9(8)6-12(11)19-2/h3-7H,1-2H3,(H3,14,17,20)/b16-7+. The zero-order valence-corrected chi connectivity index (χ0v) is 11.9. The third-order valence-corrected chi connectivity index (χ3v) is 2.75. The molecule has 104 valence electrons. The highest BCUT2D eigenvalue weighted by Gasteiger charge is 2.08. The maximum atomic E-state index is 5.30. The highest BCUT2D eigenvalue weighted by Crippen LogP contribution is 2.32. The summed E-state index contributed by atoms with van der Waals surface area (Å²) in [4.78, 5) is 4.26. The molecule has 1 aromatic heterocycles. The Balaban J connectivity index is 2.50. The lowest BCUT2D eigenvalue weighted by Crippen LogP contribution is -2.24. The van der Waals surface area contributed by atoms with Crippen molar-refractivity contribution < 1.29 is 9.47 Å². The van der Waals surface area contributed by atoms with Crippen LogP contribution in [0.1, 0.15) is 5.69 Å². The van der Waals surface area contributed by atoms with Crippen LogP contribution in [0.2, 0.25) is 0 Å². The normalized spacial score (nSPS) is 10.7. The number of ether oxygens (including phenoxy) is 2. The van der Waals surface area contributed by atoms with Gasteiger partial charge in [-0.05, 0) is 35.8 Å². The average molecular weight is 290 g/mol. The molecule has 6 nitrogen and oxygen atoms in total. The first kappa shape index (κ1) is 14.0. The fraction of sp³-hybridized carbons (Fsp3) is 0.154. The molecule has 2 aromatic rings. The van der Waals surface area contributed by atoms with E-state index in [2.05, 4.69) is 27.7 Å². The molecule has 3 N–H and O–H groups in total. The molecule has 1 aromatic carbocycles. The van der Waals surface area contributed by atoms with Crippen LogP contribution in [0.15, 0.2) is 29.5 Å². The van der Waals surface area contributed by atoms with Crippen molar-refractivity contribution in [1.29, 1.82) is 0 Å². The van der Waals surface area contributed by atoms with E-state index < -0.39 is 0 Å². The largest absolute Gasteiger partial charge is 0.493 e. The van der Waals surface area contributed by atoms with E-state index in [-0.39, 0.29) is 5.11 Å². The van der Waals surface area contributed by atoms with Crippen molar-refractivity contribution in [3.8, 4) is 11.5 Å². The second-order valence-electron chi connectivity index (χ2n) is 3.86. The van der Waals surface area contributed by atoms with E-state index in [4.69, 9.17) is 15.2 Å². The Kier molecular flexibility index (Phi) is 4.31. The number of hydrogen-bond acceptors (Lipinski definition) is 5. The van der Waals surface area contributed by atoms with Crippen molar-refractivity contribution in [2.75, 3.05) is 14.2 Å². The quantitative estimate of drug-likeness (QED) is 0.503. The molecule has 0 aliphatic carbocycles. The first-order valence-electron chi connectivity index (χ1n) is 5.75. The van der Waals surface area contributed by atoms with E-state index >= 15 is 0 Å². The Morgan fingerprint density at radius 2 is 2.05 bits per heavy atom. The number of nitrogens with one attached hydrogen (secondary N) is 1. The Hall–Kier alpha value is -2.41. The molecule has 0 bridgehead atoms. The molecule has 0 spiro atoms. The number of hydrogen-bond donors (Lipinski definition) is 2. The summed E-state index contributed by atoms with van der Waals surface area (Å²) in [7, 11) is 3.18. The van der Waals surface area contributed by atoms with Gasteiger partial charge in [0.15, 0.2) is 16.6 Å². The van der Waals surface area contributed by atoms with Crippen molar-refractivity contribution >= 4 is 34.3 Å². The number of nitrogens with two attached hydrogens (primary N) is 1. The van der Waals surface area contributed by atoms with Gasteiger partial charge < -0.3 is 15.2 Å². The van der Waals surface area contributed by atoms with Gasteiger partial charge in [-0.1, -0.05) is 0 Å². The number of pyridine rings is 1. The third-order valence-electron chi connectivity index (χ3n) is 2.66. The molecule has 1 heterocycles. The monoisotopic (exact) mass is 290 g/mol. The van der Waals surface area contributed by atoms with Gasteiger partial charge in [0.25, 0.3) is 0 Å². The van der Waals surface area contributed by atoms with Gasteiger partial charge in [0.1, 0.15) is 0 Å². The number of thiocarbonyl (C=S) groups is 1. The van der Waals surface area contributed by atoms with Crippen molar-refractivity contribution in [3.05, 3.63) is 30.1 Å². The average Bonchev–Trinajstić information content (AvgIpc) is 2.45. The summed E-state index contributed by atoms with van der Waals surface area (Å²) in [6.07, 6.45) is 3.24. The summed E-state index contributed by atoms with van der Waals surface area (Å²) in [5, 5.41) is 5.87. The Morgan fingerprint density at radius 3 is 2.70 bits per heavy atom. The Morgan fingerprint density at radius 1 is 1.35 bits per heavy atom. The fourth-order valence-corrected chi connectivity index (χ4v) is 1.83. The summed E-state index contributed by atoms with van der Waals surface area (Å²) in [6, 6.07) is 5.62. The maximum Gasteiger partial charge on any atom is 0.184 e. The molecule has 0 saturated carbocycles. The molecule has 2 rings (SSSR count). The van der Waals surface area contributed by atoms with E-state index in [1.165, 1.54) is 0 Å². The minimum Gasteiger partial charge on any atom is -0.493 e. The predicted molar refractivity (Wildman–Crippen MR) is 82.4 cm³/mol. The number of benzene rings is 1. The molecule has 0 atom stereocenters. The van der Waals surface area contributed by atoms with Gasteiger partial charge in [-0.15, -0.1) is 0 Å². The summed E-state index contributed by atoms with van der Waals surface area (Å²) in [5.74, 6) is 1.29. The lowest BCUT2D eigenvalue weighted by atomic mass is 10.1. The van der Waals surface area contributed by atoms with Crippen LogP contribution in [0.25, 0.3) is 10.8 Å². The van der Waals surface area contributed by atoms with E-state index in [9.17, 15) is 0 Å². The zero-order valence-electron chi connectivity index (χ0n) is 11.1. The molecule has 0 radical (unpaired) electrons. The molecule has 7 heteroatoms. The summed E-state index contributed by atoms with van der Waals surface area (Å²) >= 11 is 4.68. The molecule has 20 heavy (non-hydrogen) atoms. The molecule has 0 amide bonds. The molecular formula is C13H14N4O2S. The van der Waals surface area contributed by atoms with Crippen LogP contribution in [0, 0.1) is 0 Å². The summed E-state index contributed by atoms with van der Waals surface area (Å²) in [5.41, 5.74) is 8.47. The van der Waals surface area contributed by atoms with Crippen LogP contribution >= 0.6 is 12.2 Å². The molecule has 0 aliphatic rings. The highest BCUT2D eigenvalue weighted by atomic mass is 32.1. The van der Waals surface area contributed by atoms with Crippen molar-refractivity contribution in [2.24, 2.45) is 10.8 Å². The van der Waals surface area contributed by atoms with Gasteiger partial charge >= 0.3 is 0 Å². The predicted octanol–water partition coefficient (Wildman–Crippen LogP) is 1.42. The van der Waals surface area contributed by atoms with Gasteiger partial charge in [0, 0.05) is 11.6 Å². The van der Waals surface area contributed by atoms with Crippen molar-refractivity contribution in [1.82, 2.24) is 10.4 Å². The van der Waals surface area contributed by atoms with Crippen LogP contribution in [0.3, 0.4) is 0 Å². The Labute approximate surface area is 121 Å². The van der Waals surface area contributed by atoms with Crippen LogP contribution in [-0.2, 0) is 0 Å². The topological polar surface area (TPSA) is 81.8 Å². The van der Waals surface area contributed by atoms with E-state index in [1.54, 1.807) is 26.6 Å². The number of fused-ring (bicyclic) bond motifs is 1. The van der Waals surface area contributed by atoms with E-state index in [0.29, 0.717) is 17.2 Å². The van der Waals surface area contributed by atoms with Crippen molar-refractivity contribution in [3.63, 3.8) is 0 Å². The maximum absolute atomic E-state index is 5.30. The second-order valence-corrected chi connectivity index (χ2v) is 4.30. The number of nitrogens with zero attached hydrogens (tertiary/aromatic N) is 2. The summed E-state index contributed by atoms with van der Waals surface area (Å²) < 4.78 is 10.6. The second kappa shape index (κ2) is 6.16. The van der Waals surface area contributed by atoms with Gasteiger partial charge in [-0.2, -0.15) is 5.10 Å². The van der Waals surface area contributed by atoms with Crippen LogP contribution in [0.4, 0.5) is 0 Å². The van der Waals surface area contributed by atoms with Gasteiger partial charge in [0.2, 0.25) is 0 Å². The van der Waals surface area contributed by atoms with Gasteiger partial charge in [-0.25, -0.2) is 0 Å². The third kappa shape index (κ3) is 2.94. The lowest BCUT2D eigenvalue weighted by molar-refractivity contribution is 0.356. The van der Waals surface area contributed by atoms with Crippen molar-refractivity contribution in [2.45, 2.75) is 0 Å². The fourth-order valence-electron chi connectivity index (χ4n) is 1.78. The first-order chi connectivity index (χ1) is 9.65. The summed E-state index contributed by atoms with van der Waals surface area (Å²) in [6.45, 7) is 0. The first-order valence-corrected chi connectivity index (χ1v) is 6.15. The van der Waals surface area contributed by atoms with Crippen LogP contribution in [-0.4, -0.2) is 30.5 Å². The minimum absolute atomic E-state index is 0.0979. The number of aromatic nitrogens is 1. The number of rotatable bonds is 4. The van der Waals surface area contributed by atoms with Gasteiger partial charge in [0.05, 0.1) is 26.1 Å². The molecular weight excluding hydrogens is 276 g/mol. The molecule has 0 unspecified atom stereocenters. The minimum atomic E-state index is 0.0979. The van der Waals surface area contributed by atoms with Gasteiger partial charge in [-0.3, -0.25) is 10.4 Å². The Bertz CT molecular complexity index is 673. The van der Waals surface area contributed by atoms with Crippen LogP contribution in [0.5, 0.6) is 11.5 Å². The lowest BCUT2D eigenvalue weighted by Gasteiger charge is -2.10. The number of hydrazone groups is 1. The molecule has 0 aliphatic heterocycles. The zero-order chi connectivity index (χ0) is 14.5. The molecule has 0 saturated heterocycles. The van der Waals surface area contributed by atoms with Crippen LogP contribution < -0.4 is 20.6 Å². The molecule has 0 fully saturated rings. The smallest absolute Gasteiger partial charge is 0.184 e. The number of methoxy groups -OCH3 is 2. The van der Waals surface area contributed by atoms with E-state index in [0.717, 1.165) is 10.8 Å². The van der Waals surface area contributed by atoms with E-state index in [1.807, 2.05) is 18.2 Å². The SMILES string of the molecule is COc1cc2ccnc(/C=N/NC(N)=S)c2cc1OC. The highest BCUT2D eigenvalue weighted by molar-refractivity contribution is 7.80.